The predicted molar refractivity (Wildman–Crippen MR) is 158 cm³/mol. The van der Waals surface area contributed by atoms with E-state index in [2.05, 4.69) is 21.2 Å². The average Bonchev–Trinajstić information content (AvgIpc) is 2.97. The highest BCUT2D eigenvalue weighted by Gasteiger charge is 2.36. The Balaban J connectivity index is 1.34. The molecule has 0 spiro atoms. The van der Waals surface area contributed by atoms with Gasteiger partial charge in [0.15, 0.2) is 5.83 Å². The summed E-state index contributed by atoms with van der Waals surface area (Å²) < 4.78 is 34.3. The minimum atomic E-state index is -1.03. The minimum absolute atomic E-state index is 0.0417. The summed E-state index contributed by atoms with van der Waals surface area (Å²) in [5.41, 5.74) is 2.60. The van der Waals surface area contributed by atoms with Gasteiger partial charge in [-0.2, -0.15) is 9.97 Å². The molecule has 8 nitrogen and oxygen atoms in total. The first-order chi connectivity index (χ1) is 20.3. The number of fused-ring (bicyclic) bond motifs is 2. The first kappa shape index (κ1) is 28.2. The van der Waals surface area contributed by atoms with Gasteiger partial charge in [0, 0.05) is 42.8 Å². The lowest BCUT2D eigenvalue weighted by molar-refractivity contribution is -0.131. The summed E-state index contributed by atoms with van der Waals surface area (Å²) >= 11 is 6.45. The van der Waals surface area contributed by atoms with E-state index in [-0.39, 0.29) is 24.1 Å². The quantitative estimate of drug-likeness (QED) is 0.263. The lowest BCUT2D eigenvalue weighted by Gasteiger charge is -2.41. The highest BCUT2D eigenvalue weighted by atomic mass is 35.5. The molecule has 1 aromatic heterocycles. The number of halogens is 3. The Kier molecular flexibility index (Phi) is 7.86. The van der Waals surface area contributed by atoms with Crippen LogP contribution < -0.4 is 14.5 Å². The molecule has 3 aromatic rings. The number of piperazine rings is 1. The van der Waals surface area contributed by atoms with Crippen LogP contribution in [0.15, 0.2) is 42.7 Å². The van der Waals surface area contributed by atoms with E-state index < -0.39 is 23.6 Å². The van der Waals surface area contributed by atoms with Crippen molar-refractivity contribution >= 4 is 39.8 Å². The van der Waals surface area contributed by atoms with Crippen LogP contribution in [0.4, 0.5) is 20.3 Å². The van der Waals surface area contributed by atoms with E-state index in [1.807, 2.05) is 18.2 Å². The number of benzene rings is 2. The van der Waals surface area contributed by atoms with Gasteiger partial charge in [0.2, 0.25) is 6.54 Å². The molecule has 218 valence electrons. The second-order valence-electron chi connectivity index (χ2n) is 11.1. The van der Waals surface area contributed by atoms with Gasteiger partial charge in [0.1, 0.15) is 17.7 Å². The van der Waals surface area contributed by atoms with Crippen molar-refractivity contribution in [3.8, 4) is 6.01 Å². The Morgan fingerprint density at radius 3 is 2.74 bits per heavy atom. The third-order valence-electron chi connectivity index (χ3n) is 8.53. The summed E-state index contributed by atoms with van der Waals surface area (Å²) in [6.07, 6.45) is 4.06. The molecule has 2 fully saturated rings. The summed E-state index contributed by atoms with van der Waals surface area (Å²) in [7, 11) is 0. The highest BCUT2D eigenvalue weighted by Crippen LogP contribution is 2.38. The number of hydrogen-bond acceptors (Lipinski definition) is 6. The van der Waals surface area contributed by atoms with E-state index in [9.17, 15) is 13.6 Å². The Morgan fingerprint density at radius 2 is 2.00 bits per heavy atom. The standard InChI is InChI=1S/C31H31ClF2N6O2/c1-19(33)30(41)40-14-13-39(16-22(40)15-35-2)29-23-11-12-38(17-25(23)36-31(37-29)42-18-20-5-3-6-20)26-8-4-7-21-9-10-24(34)28(32)27(21)26/h4,7-10,20,22H,1,3,5-6,11-18H2/t22-/m0/s1. The van der Waals surface area contributed by atoms with Crippen molar-refractivity contribution in [2.24, 2.45) is 5.92 Å². The second kappa shape index (κ2) is 11.7. The number of carbonyl (C=O) groups is 1. The Hall–Kier alpha value is -3.97. The summed E-state index contributed by atoms with van der Waals surface area (Å²) in [5.74, 6) is -1.07. The molecule has 3 heterocycles. The molecule has 1 amide bonds. The maximum absolute atomic E-state index is 14.5. The third kappa shape index (κ3) is 5.34. The Morgan fingerprint density at radius 1 is 1.17 bits per heavy atom. The molecular weight excluding hydrogens is 562 g/mol. The van der Waals surface area contributed by atoms with E-state index in [1.165, 1.54) is 17.4 Å². The maximum atomic E-state index is 14.5. The summed E-state index contributed by atoms with van der Waals surface area (Å²) in [6, 6.07) is 8.68. The SMILES string of the molecule is [C-]#[N+]C[C@H]1CN(c2nc(OCC3CCC3)nc3c2CCN(c2cccc4ccc(F)c(Cl)c24)C3)CCN1C(=O)C(=C)F. The number of amides is 1. The molecule has 1 saturated heterocycles. The van der Waals surface area contributed by atoms with Gasteiger partial charge >= 0.3 is 6.01 Å². The van der Waals surface area contributed by atoms with Gasteiger partial charge in [0.25, 0.3) is 5.91 Å². The van der Waals surface area contributed by atoms with Crippen LogP contribution in [0.25, 0.3) is 15.6 Å². The van der Waals surface area contributed by atoms with Crippen molar-refractivity contribution in [3.05, 3.63) is 76.3 Å². The number of aromatic nitrogens is 2. The molecule has 1 saturated carbocycles. The van der Waals surface area contributed by atoms with Gasteiger partial charge in [-0.15, -0.1) is 0 Å². The van der Waals surface area contributed by atoms with Crippen molar-refractivity contribution in [2.75, 3.05) is 49.1 Å². The molecule has 0 N–H and O–H groups in total. The van der Waals surface area contributed by atoms with Crippen LogP contribution in [-0.2, 0) is 17.8 Å². The molecule has 0 radical (unpaired) electrons. The molecule has 2 aromatic carbocycles. The third-order valence-corrected chi connectivity index (χ3v) is 8.90. The van der Waals surface area contributed by atoms with E-state index >= 15 is 0 Å². The fraction of sp³-hybridized carbons (Fsp3) is 0.419. The predicted octanol–water partition coefficient (Wildman–Crippen LogP) is 5.58. The lowest BCUT2D eigenvalue weighted by atomic mass is 9.86. The van der Waals surface area contributed by atoms with Crippen LogP contribution in [0, 0.1) is 18.3 Å². The van der Waals surface area contributed by atoms with Gasteiger partial charge in [0.05, 0.1) is 23.9 Å². The van der Waals surface area contributed by atoms with Gasteiger partial charge in [-0.05, 0) is 42.7 Å². The average molecular weight is 593 g/mol. The van der Waals surface area contributed by atoms with Gasteiger partial charge in [-0.25, -0.2) is 15.4 Å². The second-order valence-corrected chi connectivity index (χ2v) is 11.5. The monoisotopic (exact) mass is 592 g/mol. The number of carbonyl (C=O) groups excluding carboxylic acids is 1. The highest BCUT2D eigenvalue weighted by molar-refractivity contribution is 6.36. The summed E-state index contributed by atoms with van der Waals surface area (Å²) in [4.78, 5) is 31.2. The molecule has 42 heavy (non-hydrogen) atoms. The molecule has 0 unspecified atom stereocenters. The molecule has 1 aliphatic carbocycles. The van der Waals surface area contributed by atoms with Gasteiger partial charge < -0.3 is 24.3 Å². The number of rotatable bonds is 7. The molecule has 11 heteroatoms. The zero-order valence-corrected chi connectivity index (χ0v) is 23.9. The number of nitrogens with zero attached hydrogens (tertiary/aromatic N) is 6. The molecule has 3 aliphatic rings. The smallest absolute Gasteiger partial charge is 0.318 e. The fourth-order valence-electron chi connectivity index (χ4n) is 6.06. The topological polar surface area (TPSA) is 66.2 Å². The van der Waals surface area contributed by atoms with Crippen LogP contribution in [0.3, 0.4) is 0 Å². The largest absolute Gasteiger partial charge is 0.463 e. The van der Waals surface area contributed by atoms with Crippen LogP contribution in [0.2, 0.25) is 5.02 Å². The van der Waals surface area contributed by atoms with E-state index in [1.54, 1.807) is 6.07 Å². The van der Waals surface area contributed by atoms with Gasteiger partial charge in [-0.3, -0.25) is 4.79 Å². The van der Waals surface area contributed by atoms with Crippen LogP contribution >= 0.6 is 11.6 Å². The Bertz CT molecular complexity index is 1590. The van der Waals surface area contributed by atoms with Gasteiger partial charge in [-0.1, -0.05) is 42.8 Å². The minimum Gasteiger partial charge on any atom is -0.463 e. The fourth-order valence-corrected chi connectivity index (χ4v) is 6.33. The van der Waals surface area contributed by atoms with Crippen LogP contribution in [0.1, 0.15) is 30.5 Å². The van der Waals surface area contributed by atoms with Crippen molar-refractivity contribution in [1.82, 2.24) is 14.9 Å². The Labute approximate surface area is 248 Å². The zero-order valence-electron chi connectivity index (χ0n) is 23.2. The van der Waals surface area contributed by atoms with Crippen LogP contribution in [0.5, 0.6) is 6.01 Å². The molecule has 0 bridgehead atoms. The maximum Gasteiger partial charge on any atom is 0.318 e. The number of anilines is 2. The lowest BCUT2D eigenvalue weighted by Crippen LogP contribution is -2.57. The first-order valence-electron chi connectivity index (χ1n) is 14.2. The van der Waals surface area contributed by atoms with Crippen molar-refractivity contribution in [2.45, 2.75) is 38.3 Å². The zero-order chi connectivity index (χ0) is 29.4. The molecule has 6 rings (SSSR count). The van der Waals surface area contributed by atoms with Crippen molar-refractivity contribution in [1.29, 1.82) is 0 Å². The molecular formula is C31H31ClF2N6O2. The van der Waals surface area contributed by atoms with E-state index in [4.69, 9.17) is 32.9 Å². The van der Waals surface area contributed by atoms with E-state index in [0.717, 1.165) is 35.2 Å². The summed E-state index contributed by atoms with van der Waals surface area (Å²) in [6.45, 7) is 13.2. The molecule has 2 aliphatic heterocycles. The van der Waals surface area contributed by atoms with Crippen molar-refractivity contribution < 1.29 is 18.3 Å². The summed E-state index contributed by atoms with van der Waals surface area (Å²) in [5, 5.41) is 1.61. The number of ether oxygens (including phenoxy) is 1. The van der Waals surface area contributed by atoms with E-state index in [0.29, 0.717) is 56.3 Å². The normalized spacial score (nSPS) is 18.8. The first-order valence-corrected chi connectivity index (χ1v) is 14.6. The number of hydrogen-bond donors (Lipinski definition) is 0. The van der Waals surface area contributed by atoms with Crippen LogP contribution in [-0.4, -0.2) is 66.1 Å². The molecule has 1 atom stereocenters. The van der Waals surface area contributed by atoms with Crippen molar-refractivity contribution in [3.63, 3.8) is 0 Å².